The molecule has 26 heavy (non-hydrogen) atoms. The molecule has 0 aromatic heterocycles. The standard InChI is InChI=1S/C13H9.C6H14Si.C5H5.Zr/c1-3-7-12-10(5-1)9-11-6-2-4-8-13(11)12;1-5(2)7-6(3)4;1-2-4-5-3-1;/h1-5,7-8H,9H2;5-6H,1-4H3;1-5H;/q-1;;-1;+2. The van der Waals surface area contributed by atoms with Gasteiger partial charge in [-0.3, -0.25) is 0 Å². The van der Waals surface area contributed by atoms with E-state index in [1.54, 1.807) is 23.3 Å². The van der Waals surface area contributed by atoms with Gasteiger partial charge < -0.3 is 0 Å². The molecule has 0 nitrogen and oxygen atoms in total. The molecule has 0 heterocycles. The normalized spacial score (nSPS) is 11.1. The Kier molecular flexibility index (Phi) is 8.88. The van der Waals surface area contributed by atoms with Crippen LogP contribution in [0.4, 0.5) is 0 Å². The molecular formula is C24H28SiZr. The van der Waals surface area contributed by atoms with Crippen LogP contribution in [0.1, 0.15) is 38.8 Å². The van der Waals surface area contributed by atoms with Crippen molar-refractivity contribution in [3.63, 3.8) is 0 Å². The van der Waals surface area contributed by atoms with Gasteiger partial charge in [0, 0.05) is 0 Å². The molecule has 0 aliphatic heterocycles. The zero-order valence-corrected chi connectivity index (χ0v) is 19.7. The van der Waals surface area contributed by atoms with Crippen LogP contribution in [0, 0.1) is 6.07 Å². The van der Waals surface area contributed by atoms with Gasteiger partial charge in [-0.25, -0.2) is 12.1 Å². The van der Waals surface area contributed by atoms with Crippen LogP contribution in [0.25, 0.3) is 11.1 Å². The second-order valence-electron chi connectivity index (χ2n) is 7.12. The summed E-state index contributed by atoms with van der Waals surface area (Å²) in [5.41, 5.74) is 7.55. The summed E-state index contributed by atoms with van der Waals surface area (Å²) in [6, 6.07) is 28.1. The number of benzene rings is 2. The van der Waals surface area contributed by atoms with Gasteiger partial charge in [0.2, 0.25) is 0 Å². The zero-order chi connectivity index (χ0) is 18.9. The van der Waals surface area contributed by atoms with Crippen LogP contribution in [-0.4, -0.2) is 5.43 Å². The van der Waals surface area contributed by atoms with Gasteiger partial charge in [0.05, 0.1) is 0 Å². The minimum Gasteiger partial charge on any atom is -0.214 e. The Bertz CT molecular complexity index is 730. The number of rotatable bonds is 2. The first-order valence-corrected chi connectivity index (χ1v) is 14.7. The van der Waals surface area contributed by atoms with Crippen LogP contribution in [-0.2, 0) is 29.8 Å². The third-order valence-electron chi connectivity index (χ3n) is 4.42. The monoisotopic (exact) mass is 434 g/mol. The van der Waals surface area contributed by atoms with Crippen molar-refractivity contribution in [1.82, 2.24) is 0 Å². The summed E-state index contributed by atoms with van der Waals surface area (Å²) in [7, 11) is 0. The van der Waals surface area contributed by atoms with E-state index in [1.807, 2.05) is 36.4 Å². The van der Waals surface area contributed by atoms with Gasteiger partial charge in [-0.1, -0.05) is 35.4 Å². The van der Waals surface area contributed by atoms with E-state index in [1.165, 1.54) is 22.3 Å². The van der Waals surface area contributed by atoms with Crippen LogP contribution >= 0.6 is 0 Å². The predicted molar refractivity (Wildman–Crippen MR) is 112 cm³/mol. The molecule has 0 saturated carbocycles. The molecule has 0 spiro atoms. The molecule has 0 saturated heterocycles. The first kappa shape index (κ1) is 21.2. The number of fused-ring (bicyclic) bond motifs is 3. The summed E-state index contributed by atoms with van der Waals surface area (Å²) in [5, 5.41) is 0. The fraction of sp³-hybridized carbons (Fsp3) is 0.292. The van der Waals surface area contributed by atoms with Crippen molar-refractivity contribution in [1.29, 1.82) is 0 Å². The molecular weight excluding hydrogens is 408 g/mol. The second kappa shape index (κ2) is 10.9. The van der Waals surface area contributed by atoms with Crippen LogP contribution < -0.4 is 0 Å². The molecule has 0 unspecified atom stereocenters. The van der Waals surface area contributed by atoms with Crippen molar-refractivity contribution in [3.05, 3.63) is 90.0 Å². The summed E-state index contributed by atoms with van der Waals surface area (Å²) in [4.78, 5) is 0. The quantitative estimate of drug-likeness (QED) is 0.240. The van der Waals surface area contributed by atoms with Crippen molar-refractivity contribution in [3.8, 4) is 11.1 Å². The maximum atomic E-state index is 3.30. The third-order valence-corrected chi connectivity index (χ3v) is 15.4. The Morgan fingerprint density at radius 1 is 0.885 bits per heavy atom. The van der Waals surface area contributed by atoms with Crippen LogP contribution in [0.2, 0.25) is 11.1 Å². The first-order chi connectivity index (χ1) is 12.5. The maximum absolute atomic E-state index is 3.30. The molecule has 0 radical (unpaired) electrons. The Morgan fingerprint density at radius 3 is 2.04 bits per heavy atom. The van der Waals surface area contributed by atoms with E-state index >= 15 is 0 Å². The molecule has 0 atom stereocenters. The molecule has 132 valence electrons. The SMILES string of the molecule is CC(C)[Si](=[Zr+2])C(C)C.[c-]1cccc2c1Cc1ccccc1-2.c1cc[cH-]c1. The molecule has 0 bridgehead atoms. The van der Waals surface area contributed by atoms with Crippen LogP contribution in [0.5, 0.6) is 0 Å². The number of hydrogen-bond donors (Lipinski definition) is 0. The Labute approximate surface area is 174 Å². The van der Waals surface area contributed by atoms with Crippen LogP contribution in [0.3, 0.4) is 0 Å². The van der Waals surface area contributed by atoms with E-state index in [0.717, 1.165) is 17.5 Å². The van der Waals surface area contributed by atoms with Crippen molar-refractivity contribution in [2.24, 2.45) is 0 Å². The van der Waals surface area contributed by atoms with E-state index in [9.17, 15) is 0 Å². The number of hydrogen-bond acceptors (Lipinski definition) is 0. The smallest absolute Gasteiger partial charge is 0.0253 e. The van der Waals surface area contributed by atoms with Crippen molar-refractivity contribution in [2.75, 3.05) is 0 Å². The van der Waals surface area contributed by atoms with E-state index in [4.69, 9.17) is 0 Å². The van der Waals surface area contributed by atoms with E-state index in [0.29, 0.717) is 0 Å². The second-order valence-corrected chi connectivity index (χ2v) is 14.6. The zero-order valence-electron chi connectivity index (χ0n) is 16.3. The third kappa shape index (κ3) is 6.25. The molecule has 0 N–H and O–H groups in total. The van der Waals surface area contributed by atoms with Crippen molar-refractivity contribution in [2.45, 2.75) is 45.2 Å². The van der Waals surface area contributed by atoms with Crippen molar-refractivity contribution < 1.29 is 23.3 Å². The van der Waals surface area contributed by atoms with Crippen LogP contribution in [0.15, 0.2) is 72.8 Å². The fourth-order valence-corrected chi connectivity index (χ4v) is 4.32. The summed E-state index contributed by atoms with van der Waals surface area (Å²) < 4.78 is 0. The minimum atomic E-state index is 0.0663. The minimum absolute atomic E-state index is 0.0663. The maximum Gasteiger partial charge on any atom is -0.0253 e. The van der Waals surface area contributed by atoms with E-state index in [2.05, 4.69) is 70.2 Å². The summed E-state index contributed by atoms with van der Waals surface area (Å²) in [6.45, 7) is 9.40. The predicted octanol–water partition coefficient (Wildman–Crippen LogP) is 6.81. The van der Waals surface area contributed by atoms with E-state index in [-0.39, 0.29) is 5.43 Å². The molecule has 3 aromatic carbocycles. The van der Waals surface area contributed by atoms with Gasteiger partial charge in [-0.05, 0) is 6.42 Å². The molecule has 0 amide bonds. The molecule has 1 aliphatic carbocycles. The van der Waals surface area contributed by atoms with Gasteiger partial charge in [0.1, 0.15) is 0 Å². The van der Waals surface area contributed by atoms with Gasteiger partial charge in [-0.2, -0.15) is 48.0 Å². The van der Waals surface area contributed by atoms with Gasteiger partial charge in [0.25, 0.3) is 0 Å². The Morgan fingerprint density at radius 2 is 1.50 bits per heavy atom. The molecule has 3 aromatic rings. The molecule has 0 fully saturated rings. The van der Waals surface area contributed by atoms with Gasteiger partial charge >= 0.3 is 67.5 Å². The average molecular weight is 436 g/mol. The Hall–Kier alpha value is -1.11. The summed E-state index contributed by atoms with van der Waals surface area (Å²) >= 11 is 1.80. The molecule has 2 heteroatoms. The topological polar surface area (TPSA) is 0 Å². The summed E-state index contributed by atoms with van der Waals surface area (Å²) in [5.74, 6) is 0. The Balaban J connectivity index is 0.000000160. The summed E-state index contributed by atoms with van der Waals surface area (Å²) in [6.07, 6.45) is 1.05. The molecule has 1 aliphatic rings. The average Bonchev–Trinajstić information content (AvgIpc) is 3.32. The largest absolute Gasteiger partial charge is 0.214 e. The van der Waals surface area contributed by atoms with E-state index < -0.39 is 0 Å². The van der Waals surface area contributed by atoms with Crippen molar-refractivity contribution >= 4 is 5.43 Å². The molecule has 4 rings (SSSR count). The fourth-order valence-electron chi connectivity index (χ4n) is 2.99. The van der Waals surface area contributed by atoms with Gasteiger partial charge in [0.15, 0.2) is 0 Å². The van der Waals surface area contributed by atoms with Gasteiger partial charge in [-0.15, -0.1) is 5.56 Å². The first-order valence-electron chi connectivity index (χ1n) is 9.33.